The molecule has 1 N–H and O–H groups in total. The van der Waals surface area contributed by atoms with Gasteiger partial charge in [0.1, 0.15) is 18.1 Å². The first-order valence-corrected chi connectivity index (χ1v) is 6.04. The van der Waals surface area contributed by atoms with E-state index in [4.69, 9.17) is 18.7 Å². The van der Waals surface area contributed by atoms with Crippen molar-refractivity contribution in [2.75, 3.05) is 0 Å². The van der Waals surface area contributed by atoms with Crippen LogP contribution >= 0.6 is 0 Å². The normalized spacial score (nSPS) is 10.5. The number of carboxylic acid groups (broad SMARTS) is 1. The summed E-state index contributed by atoms with van der Waals surface area (Å²) in [6.45, 7) is 0.146. The van der Waals surface area contributed by atoms with Crippen LogP contribution in [-0.2, 0) is 6.61 Å². The van der Waals surface area contributed by atoms with Crippen molar-refractivity contribution in [3.8, 4) is 17.2 Å². The molecule has 0 aliphatic rings. The van der Waals surface area contributed by atoms with Gasteiger partial charge in [0.05, 0.1) is 0 Å². The van der Waals surface area contributed by atoms with E-state index in [1.165, 1.54) is 12.5 Å². The number of aromatic carboxylic acids is 1. The number of rotatable bonds is 5. The fraction of sp³-hybridized carbons (Fsp3) is 0.0714. The first-order valence-electron chi connectivity index (χ1n) is 6.04. The average molecular weight is 286 g/mol. The number of furan rings is 1. The molecular formula is C14H10N2O5. The lowest BCUT2D eigenvalue weighted by Crippen LogP contribution is -1.95. The van der Waals surface area contributed by atoms with Gasteiger partial charge in [0.25, 0.3) is 0 Å². The highest BCUT2D eigenvalue weighted by Gasteiger charge is 2.09. The van der Waals surface area contributed by atoms with E-state index < -0.39 is 5.97 Å². The molecule has 0 atom stereocenters. The quantitative estimate of drug-likeness (QED) is 0.769. The van der Waals surface area contributed by atoms with Gasteiger partial charge in [-0.2, -0.15) is 0 Å². The molecule has 0 unspecified atom stereocenters. The Bertz CT molecular complexity index is 731. The molecule has 0 aliphatic carbocycles. The van der Waals surface area contributed by atoms with Crippen molar-refractivity contribution in [3.05, 3.63) is 54.3 Å². The fourth-order valence-electron chi connectivity index (χ4n) is 1.72. The van der Waals surface area contributed by atoms with Crippen molar-refractivity contribution in [1.29, 1.82) is 0 Å². The lowest BCUT2D eigenvalue weighted by Gasteiger charge is -2.04. The summed E-state index contributed by atoms with van der Waals surface area (Å²) in [6, 6.07) is 10.0. The summed E-state index contributed by atoms with van der Waals surface area (Å²) in [4.78, 5) is 10.7. The van der Waals surface area contributed by atoms with Gasteiger partial charge >= 0.3 is 5.97 Å². The Balaban J connectivity index is 1.64. The van der Waals surface area contributed by atoms with Gasteiger partial charge in [-0.15, -0.1) is 10.2 Å². The predicted octanol–water partition coefficient (Wildman–Crippen LogP) is 2.61. The molecule has 0 saturated carbocycles. The van der Waals surface area contributed by atoms with Gasteiger partial charge in [-0.1, -0.05) is 0 Å². The molecule has 7 nitrogen and oxygen atoms in total. The maximum atomic E-state index is 10.7. The summed E-state index contributed by atoms with van der Waals surface area (Å²) >= 11 is 0. The topological polar surface area (TPSA) is 98.6 Å². The minimum Gasteiger partial charge on any atom is -0.486 e. The maximum Gasteiger partial charge on any atom is 0.371 e. The molecule has 7 heteroatoms. The smallest absolute Gasteiger partial charge is 0.371 e. The first kappa shape index (κ1) is 12.9. The predicted molar refractivity (Wildman–Crippen MR) is 69.7 cm³/mol. The zero-order chi connectivity index (χ0) is 14.7. The summed E-state index contributed by atoms with van der Waals surface area (Å²) in [7, 11) is 0. The maximum absolute atomic E-state index is 10.7. The van der Waals surface area contributed by atoms with Crippen molar-refractivity contribution in [3.63, 3.8) is 0 Å². The third-order valence-electron chi connectivity index (χ3n) is 2.71. The molecule has 21 heavy (non-hydrogen) atoms. The molecule has 0 aliphatic heterocycles. The van der Waals surface area contributed by atoms with Gasteiger partial charge in [-0.05, 0) is 36.4 Å². The summed E-state index contributed by atoms with van der Waals surface area (Å²) in [6.07, 6.45) is 1.26. The van der Waals surface area contributed by atoms with E-state index >= 15 is 0 Å². The van der Waals surface area contributed by atoms with Crippen LogP contribution in [0.15, 0.2) is 51.6 Å². The third-order valence-corrected chi connectivity index (χ3v) is 2.71. The molecule has 0 bridgehead atoms. The number of carboxylic acids is 1. The van der Waals surface area contributed by atoms with Crippen LogP contribution in [-0.4, -0.2) is 21.3 Å². The Morgan fingerprint density at radius 1 is 1.19 bits per heavy atom. The summed E-state index contributed by atoms with van der Waals surface area (Å²) in [5.74, 6) is 0.268. The second kappa shape index (κ2) is 5.49. The molecular weight excluding hydrogens is 276 g/mol. The van der Waals surface area contributed by atoms with Crippen molar-refractivity contribution in [2.45, 2.75) is 6.61 Å². The van der Waals surface area contributed by atoms with Crippen molar-refractivity contribution >= 4 is 5.97 Å². The molecule has 0 amide bonds. The van der Waals surface area contributed by atoms with Crippen LogP contribution in [0.4, 0.5) is 0 Å². The van der Waals surface area contributed by atoms with E-state index in [2.05, 4.69) is 10.2 Å². The summed E-state index contributed by atoms with van der Waals surface area (Å²) in [5.41, 5.74) is 0.783. The standard InChI is InChI=1S/C14H10N2O5/c17-14(18)12-6-5-11(21-12)7-19-10-3-1-9(2-4-10)13-16-15-8-20-13/h1-6,8H,7H2,(H,17,18). The molecule has 0 radical (unpaired) electrons. The van der Waals surface area contributed by atoms with Crippen LogP contribution in [0.2, 0.25) is 0 Å². The Morgan fingerprint density at radius 2 is 2.00 bits per heavy atom. The molecule has 0 fully saturated rings. The van der Waals surface area contributed by atoms with Gasteiger partial charge in [0.15, 0.2) is 0 Å². The highest BCUT2D eigenvalue weighted by atomic mass is 16.5. The molecule has 0 spiro atoms. The molecule has 3 aromatic rings. The van der Waals surface area contributed by atoms with Gasteiger partial charge in [-0.25, -0.2) is 4.79 Å². The van der Waals surface area contributed by atoms with Crippen molar-refractivity contribution < 1.29 is 23.5 Å². The fourth-order valence-corrected chi connectivity index (χ4v) is 1.72. The second-order valence-electron chi connectivity index (χ2n) is 4.13. The number of hydrogen-bond donors (Lipinski definition) is 1. The Morgan fingerprint density at radius 3 is 2.62 bits per heavy atom. The largest absolute Gasteiger partial charge is 0.486 e. The number of ether oxygens (including phenoxy) is 1. The van der Waals surface area contributed by atoms with Crippen molar-refractivity contribution in [2.24, 2.45) is 0 Å². The van der Waals surface area contributed by atoms with Gasteiger partial charge in [0.2, 0.25) is 18.0 Å². The molecule has 3 rings (SSSR count). The van der Waals surface area contributed by atoms with Crippen LogP contribution in [0.25, 0.3) is 11.5 Å². The van der Waals surface area contributed by atoms with Crippen molar-refractivity contribution in [1.82, 2.24) is 10.2 Å². The molecule has 1 aromatic carbocycles. The van der Waals surface area contributed by atoms with E-state index in [1.807, 2.05) is 0 Å². The Labute approximate surface area is 118 Å². The van der Waals surface area contributed by atoms with E-state index in [1.54, 1.807) is 30.3 Å². The monoisotopic (exact) mass is 286 g/mol. The Hall–Kier alpha value is -3.09. The molecule has 0 saturated heterocycles. The molecule has 2 aromatic heterocycles. The zero-order valence-electron chi connectivity index (χ0n) is 10.7. The highest BCUT2D eigenvalue weighted by Crippen LogP contribution is 2.21. The summed E-state index contributed by atoms with van der Waals surface area (Å²) < 4.78 is 15.7. The van der Waals surface area contributed by atoms with Gasteiger partial charge in [-0.3, -0.25) is 0 Å². The van der Waals surface area contributed by atoms with E-state index in [0.717, 1.165) is 5.56 Å². The first-order chi connectivity index (χ1) is 10.2. The number of carbonyl (C=O) groups is 1. The van der Waals surface area contributed by atoms with Crippen LogP contribution in [0.1, 0.15) is 16.3 Å². The van der Waals surface area contributed by atoms with Crippen LogP contribution in [0, 0.1) is 0 Å². The number of nitrogens with zero attached hydrogens (tertiary/aromatic N) is 2. The van der Waals surface area contributed by atoms with E-state index in [0.29, 0.717) is 17.4 Å². The minimum absolute atomic E-state index is 0.111. The van der Waals surface area contributed by atoms with E-state index in [9.17, 15) is 4.79 Å². The van der Waals surface area contributed by atoms with E-state index in [-0.39, 0.29) is 12.4 Å². The zero-order valence-corrected chi connectivity index (χ0v) is 10.7. The van der Waals surface area contributed by atoms with Crippen LogP contribution < -0.4 is 4.74 Å². The minimum atomic E-state index is -1.11. The lowest BCUT2D eigenvalue weighted by molar-refractivity contribution is 0.0658. The SMILES string of the molecule is O=C(O)c1ccc(COc2ccc(-c3nnco3)cc2)o1. The highest BCUT2D eigenvalue weighted by molar-refractivity contribution is 5.84. The summed E-state index contributed by atoms with van der Waals surface area (Å²) in [5, 5.41) is 16.2. The molecule has 106 valence electrons. The third kappa shape index (κ3) is 2.92. The average Bonchev–Trinajstić information content (AvgIpc) is 3.17. The second-order valence-corrected chi connectivity index (χ2v) is 4.13. The van der Waals surface area contributed by atoms with Gasteiger partial charge < -0.3 is 18.7 Å². The number of hydrogen-bond acceptors (Lipinski definition) is 6. The number of aromatic nitrogens is 2. The van der Waals surface area contributed by atoms with Crippen LogP contribution in [0.3, 0.4) is 0 Å². The van der Waals surface area contributed by atoms with Crippen LogP contribution in [0.5, 0.6) is 5.75 Å². The lowest BCUT2D eigenvalue weighted by atomic mass is 10.2. The Kier molecular flexibility index (Phi) is 3.38. The molecule has 2 heterocycles. The van der Waals surface area contributed by atoms with Gasteiger partial charge in [0, 0.05) is 5.56 Å². The number of benzene rings is 1.